The third kappa shape index (κ3) is 8.97. The van der Waals surface area contributed by atoms with Crippen molar-refractivity contribution in [3.05, 3.63) is 71.9 Å². The van der Waals surface area contributed by atoms with Crippen molar-refractivity contribution in [3.63, 3.8) is 0 Å². The molecule has 1 fully saturated rings. The third-order valence-corrected chi connectivity index (χ3v) is 6.46. The molecule has 3 rings (SSSR count). The smallest absolute Gasteiger partial charge is 0.408 e. The number of nitrogens with one attached hydrogen (secondary N) is 2. The number of hydrogen-bond donors (Lipinski definition) is 4. The molecule has 218 valence electrons. The average Bonchev–Trinajstić information content (AvgIpc) is 2.93. The maximum Gasteiger partial charge on any atom is 0.408 e. The molecular weight excluding hydrogens is 527 g/mol. The molecule has 6 N–H and O–H groups in total. The average molecular weight is 565 g/mol. The summed E-state index contributed by atoms with van der Waals surface area (Å²) in [5.74, 6) is -0.236. The van der Waals surface area contributed by atoms with Gasteiger partial charge in [-0.05, 0) is 32.0 Å². The second-order valence-electron chi connectivity index (χ2n) is 9.35. The number of rotatable bonds is 11. The summed E-state index contributed by atoms with van der Waals surface area (Å²) in [6.45, 7) is 4.80. The molecule has 0 saturated carbocycles. The fourth-order valence-corrected chi connectivity index (χ4v) is 4.27. The Kier molecular flexibility index (Phi) is 11.4. The van der Waals surface area contributed by atoms with Crippen LogP contribution in [-0.4, -0.2) is 74.1 Å². The Morgan fingerprint density at radius 2 is 1.77 bits per heavy atom. The van der Waals surface area contributed by atoms with Crippen LogP contribution >= 0.6 is 0 Å². The Balaban J connectivity index is 1.52. The van der Waals surface area contributed by atoms with Crippen LogP contribution in [0.5, 0.6) is 5.75 Å². The molecule has 12 heteroatoms. The number of nitrogens with zero attached hydrogens (tertiary/aromatic N) is 1. The van der Waals surface area contributed by atoms with Crippen molar-refractivity contribution < 1.29 is 37.6 Å². The number of piperidine rings is 1. The van der Waals surface area contributed by atoms with Gasteiger partial charge in [-0.15, -0.1) is 0 Å². The molecule has 2 aromatic rings. The molecule has 0 bridgehead atoms. The number of benzene rings is 2. The molecule has 1 aliphatic rings. The van der Waals surface area contributed by atoms with Crippen LogP contribution in [0.15, 0.2) is 66.4 Å². The van der Waals surface area contributed by atoms with E-state index in [1.807, 2.05) is 37.3 Å². The number of ether oxygens (including phenoxy) is 2. The van der Waals surface area contributed by atoms with Gasteiger partial charge >= 0.3 is 12.2 Å². The first-order valence-corrected chi connectivity index (χ1v) is 13.2. The van der Waals surface area contributed by atoms with E-state index in [0.717, 1.165) is 17.5 Å². The van der Waals surface area contributed by atoms with Crippen molar-refractivity contribution in [2.75, 3.05) is 32.8 Å². The van der Waals surface area contributed by atoms with E-state index >= 15 is 0 Å². The molecule has 1 heterocycles. The highest BCUT2D eigenvalue weighted by atomic mass is 19.4. The summed E-state index contributed by atoms with van der Waals surface area (Å²) in [7, 11) is 0. The summed E-state index contributed by atoms with van der Waals surface area (Å²) in [5.41, 5.74) is 6.25. The minimum Gasteiger partial charge on any atom is -0.488 e. The first kappa shape index (κ1) is 30.9. The third-order valence-electron chi connectivity index (χ3n) is 6.46. The number of carbonyl (C=O) groups is 2. The molecule has 0 spiro atoms. The first-order valence-electron chi connectivity index (χ1n) is 13.2. The van der Waals surface area contributed by atoms with E-state index in [0.29, 0.717) is 31.8 Å². The Hall–Kier alpha value is -3.61. The van der Waals surface area contributed by atoms with Crippen LogP contribution in [0, 0.1) is 6.92 Å². The van der Waals surface area contributed by atoms with E-state index in [-0.39, 0.29) is 31.3 Å². The summed E-state index contributed by atoms with van der Waals surface area (Å²) >= 11 is 0. The summed E-state index contributed by atoms with van der Waals surface area (Å²) in [4.78, 5) is 27.0. The van der Waals surface area contributed by atoms with Gasteiger partial charge in [0.05, 0.1) is 12.1 Å². The minimum atomic E-state index is -4.80. The Labute approximate surface area is 231 Å². The Morgan fingerprint density at radius 3 is 2.45 bits per heavy atom. The van der Waals surface area contributed by atoms with Gasteiger partial charge in [0.2, 0.25) is 0 Å². The van der Waals surface area contributed by atoms with Crippen molar-refractivity contribution in [1.82, 2.24) is 15.5 Å². The van der Waals surface area contributed by atoms with E-state index in [9.17, 15) is 22.8 Å². The highest BCUT2D eigenvalue weighted by Gasteiger charge is 2.42. The fourth-order valence-electron chi connectivity index (χ4n) is 4.27. The van der Waals surface area contributed by atoms with Gasteiger partial charge in [0, 0.05) is 38.2 Å². The number of alkyl halides is 3. The predicted octanol–water partition coefficient (Wildman–Crippen LogP) is 2.35. The van der Waals surface area contributed by atoms with Crippen LogP contribution in [0.25, 0.3) is 0 Å². The van der Waals surface area contributed by atoms with Crippen molar-refractivity contribution >= 4 is 17.6 Å². The zero-order valence-corrected chi connectivity index (χ0v) is 22.6. The number of urea groups is 1. The number of amides is 3. The van der Waals surface area contributed by atoms with Crippen LogP contribution in [-0.2, 0) is 9.53 Å². The lowest BCUT2D eigenvalue weighted by Gasteiger charge is -2.38. The van der Waals surface area contributed by atoms with Crippen LogP contribution in [0.3, 0.4) is 0 Å². The van der Waals surface area contributed by atoms with Crippen molar-refractivity contribution in [1.29, 1.82) is 0 Å². The molecule has 0 aliphatic carbocycles. The van der Waals surface area contributed by atoms with Crippen LogP contribution in [0.2, 0.25) is 0 Å². The number of carbonyl (C=O) groups excluding carboxylic acids is 2. The molecule has 0 aromatic heterocycles. The highest BCUT2D eigenvalue weighted by Crippen LogP contribution is 2.24. The Morgan fingerprint density at radius 1 is 1.10 bits per heavy atom. The summed E-state index contributed by atoms with van der Waals surface area (Å²) in [5, 5.41) is 6.55. The van der Waals surface area contributed by atoms with Gasteiger partial charge in [0.1, 0.15) is 35.9 Å². The number of para-hydroxylation sites is 2. The standard InChI is InChI=1S/C28H36F3N5O4/c1-3-39-24-18-36(16-13-23(24)40-20-10-5-4-6-11-20)27(38)34-15-14-33-26(37)21(25(32)28(29,30)31)17-35-22-12-8-7-9-19(22)2/h4-12,17,23-25,35H,3,13-16,18,32H2,1-2H3,(H,33,37)(H,34,38)/p+1/b21-17+. The first-order chi connectivity index (χ1) is 19.1. The van der Waals surface area contributed by atoms with Gasteiger partial charge in [-0.2, -0.15) is 13.2 Å². The van der Waals surface area contributed by atoms with Gasteiger partial charge in [0.25, 0.3) is 5.91 Å². The molecular formula is C28H37F3N5O4+. The number of hydrogen-bond acceptors (Lipinski definition) is 5. The second-order valence-corrected chi connectivity index (χ2v) is 9.35. The molecule has 0 radical (unpaired) electrons. The van der Waals surface area contributed by atoms with E-state index in [1.54, 1.807) is 36.1 Å². The Bertz CT molecular complexity index is 1150. The molecule has 40 heavy (non-hydrogen) atoms. The lowest BCUT2D eigenvalue weighted by molar-refractivity contribution is -0.497. The monoisotopic (exact) mass is 564 g/mol. The molecule has 3 unspecified atom stereocenters. The molecule has 9 nitrogen and oxygen atoms in total. The van der Waals surface area contributed by atoms with Gasteiger partial charge < -0.3 is 30.7 Å². The van der Waals surface area contributed by atoms with E-state index in [1.165, 1.54) is 5.32 Å². The number of quaternary nitrogens is 1. The maximum atomic E-state index is 13.4. The maximum absolute atomic E-state index is 13.4. The van der Waals surface area contributed by atoms with Crippen LogP contribution in [0.1, 0.15) is 18.9 Å². The minimum absolute atomic E-state index is 0.0142. The van der Waals surface area contributed by atoms with Gasteiger partial charge in [0.15, 0.2) is 0 Å². The van der Waals surface area contributed by atoms with Gasteiger partial charge in [-0.1, -0.05) is 36.4 Å². The second kappa shape index (κ2) is 14.7. The normalized spacial score (nSPS) is 18.6. The topological polar surface area (TPSA) is 123 Å². The lowest BCUT2D eigenvalue weighted by atomic mass is 10.0. The lowest BCUT2D eigenvalue weighted by Crippen LogP contribution is -2.72. The number of nitrogens with two attached hydrogens (primary N) is 2. The summed E-state index contributed by atoms with van der Waals surface area (Å²) < 4.78 is 52.0. The van der Waals surface area contributed by atoms with E-state index < -0.39 is 23.7 Å². The van der Waals surface area contributed by atoms with Gasteiger partial charge in [-0.3, -0.25) is 10.1 Å². The fraction of sp³-hybridized carbons (Fsp3) is 0.429. The zero-order valence-electron chi connectivity index (χ0n) is 22.6. The number of aryl methyl sites for hydroxylation is 1. The van der Waals surface area contributed by atoms with Crippen molar-refractivity contribution in [2.45, 2.75) is 44.7 Å². The van der Waals surface area contributed by atoms with E-state index in [2.05, 4.69) is 10.6 Å². The highest BCUT2D eigenvalue weighted by molar-refractivity contribution is 5.94. The summed E-state index contributed by atoms with van der Waals surface area (Å²) in [6.07, 6.45) is -3.70. The van der Waals surface area contributed by atoms with Gasteiger partial charge in [-0.25, -0.2) is 4.79 Å². The molecule has 3 atom stereocenters. The summed E-state index contributed by atoms with van der Waals surface area (Å²) in [6, 6.07) is 13.6. The quantitative estimate of drug-likeness (QED) is 0.190. The van der Waals surface area contributed by atoms with Crippen LogP contribution < -0.4 is 26.4 Å². The molecule has 3 amide bonds. The number of halogens is 3. The number of likely N-dealkylation sites (tertiary alicyclic amines) is 1. The van der Waals surface area contributed by atoms with Crippen molar-refractivity contribution in [3.8, 4) is 5.75 Å². The van der Waals surface area contributed by atoms with Crippen LogP contribution in [0.4, 0.5) is 23.7 Å². The largest absolute Gasteiger partial charge is 0.488 e. The predicted molar refractivity (Wildman–Crippen MR) is 144 cm³/mol. The molecule has 2 aromatic carbocycles. The zero-order chi connectivity index (χ0) is 29.1. The molecule has 1 aliphatic heterocycles. The van der Waals surface area contributed by atoms with E-state index in [4.69, 9.17) is 15.2 Å². The SMILES string of the molecule is CCOC1CN(C(=O)NCCNC(=O)/C(=C/[NH2+]c2ccccc2C)C(N)C(F)(F)F)CCC1Oc1ccccc1. The van der Waals surface area contributed by atoms with Crippen molar-refractivity contribution in [2.24, 2.45) is 5.73 Å². The molecule has 1 saturated heterocycles.